The highest BCUT2D eigenvalue weighted by Crippen LogP contribution is 2.40. The van der Waals surface area contributed by atoms with Crippen LogP contribution in [0, 0.1) is 0 Å². The van der Waals surface area contributed by atoms with Crippen LogP contribution in [0.1, 0.15) is 59.3 Å². The molecule has 0 bridgehead atoms. The van der Waals surface area contributed by atoms with E-state index in [-0.39, 0.29) is 23.7 Å². The van der Waals surface area contributed by atoms with Gasteiger partial charge in [0.1, 0.15) is 0 Å². The molecule has 9 nitrogen and oxygen atoms in total. The number of carbonyl (C=O) groups excluding carboxylic acids is 1. The number of aromatic nitrogens is 2. The summed E-state index contributed by atoms with van der Waals surface area (Å²) in [4.78, 5) is 24.0. The summed E-state index contributed by atoms with van der Waals surface area (Å²) in [7, 11) is -3.15. The van der Waals surface area contributed by atoms with Crippen molar-refractivity contribution < 1.29 is 17.9 Å². The zero-order chi connectivity index (χ0) is 21.5. The summed E-state index contributed by atoms with van der Waals surface area (Å²) in [6.07, 6.45) is 7.18. The van der Waals surface area contributed by atoms with Crippen molar-refractivity contribution in [3.8, 4) is 5.75 Å². The average molecular weight is 438 g/mol. The predicted octanol–water partition coefficient (Wildman–Crippen LogP) is 2.15. The number of piperidine rings is 1. The van der Waals surface area contributed by atoms with Crippen molar-refractivity contribution in [3.05, 3.63) is 6.20 Å². The quantitative estimate of drug-likeness (QED) is 0.752. The molecule has 1 aromatic rings. The summed E-state index contributed by atoms with van der Waals surface area (Å²) >= 11 is 0. The highest BCUT2D eigenvalue weighted by Gasteiger charge is 2.45. The molecule has 4 rings (SSSR count). The van der Waals surface area contributed by atoms with E-state index in [1.54, 1.807) is 31.3 Å². The van der Waals surface area contributed by atoms with E-state index in [4.69, 9.17) is 4.74 Å². The number of fused-ring (bicyclic) bond motifs is 1. The van der Waals surface area contributed by atoms with Crippen LogP contribution in [-0.2, 0) is 14.8 Å². The summed E-state index contributed by atoms with van der Waals surface area (Å²) in [6.45, 7) is 6.21. The van der Waals surface area contributed by atoms with Crippen LogP contribution in [0.25, 0.3) is 0 Å². The van der Waals surface area contributed by atoms with Gasteiger partial charge < -0.3 is 10.1 Å². The molecular weight excluding hydrogens is 406 g/mol. The Morgan fingerprint density at radius 2 is 1.87 bits per heavy atom. The van der Waals surface area contributed by atoms with Gasteiger partial charge >= 0.3 is 0 Å². The molecule has 1 N–H and O–H groups in total. The van der Waals surface area contributed by atoms with E-state index in [1.165, 1.54) is 0 Å². The summed E-state index contributed by atoms with van der Waals surface area (Å²) in [6, 6.07) is 0.229. The fraction of sp³-hybridized carbons (Fsp3) is 0.750. The highest BCUT2D eigenvalue weighted by molar-refractivity contribution is 7.89. The molecule has 3 aliphatic rings. The smallest absolute Gasteiger partial charge is 0.272 e. The number of nitrogens with one attached hydrogen (secondary N) is 1. The minimum absolute atomic E-state index is 0.0652. The minimum Gasteiger partial charge on any atom is -0.472 e. The lowest BCUT2D eigenvalue weighted by atomic mass is 10.0. The van der Waals surface area contributed by atoms with Gasteiger partial charge in [-0.1, -0.05) is 12.8 Å². The van der Waals surface area contributed by atoms with E-state index in [0.29, 0.717) is 43.4 Å². The maximum atomic E-state index is 13.1. The molecule has 0 radical (unpaired) electrons. The zero-order valence-electron chi connectivity index (χ0n) is 17.9. The maximum absolute atomic E-state index is 13.1. The maximum Gasteiger partial charge on any atom is 0.272 e. The number of amides is 1. The number of hydrogen-bond donors (Lipinski definition) is 1. The second-order valence-electron chi connectivity index (χ2n) is 8.83. The van der Waals surface area contributed by atoms with Gasteiger partial charge in [0.2, 0.25) is 16.0 Å². The van der Waals surface area contributed by atoms with Gasteiger partial charge in [-0.05, 0) is 46.5 Å². The fourth-order valence-corrected chi connectivity index (χ4v) is 5.66. The SMILES string of the molecule is CCS(=O)(=O)N1CCC(Nc2ncc3c(n2)N(C2CCCC2)C(=O)C(C)(C)O3)CC1. The van der Waals surface area contributed by atoms with Crippen LogP contribution < -0.4 is 15.0 Å². The second-order valence-corrected chi connectivity index (χ2v) is 11.1. The first-order chi connectivity index (χ1) is 14.2. The Bertz CT molecular complexity index is 906. The van der Waals surface area contributed by atoms with Gasteiger partial charge in [0.15, 0.2) is 17.2 Å². The Hall–Kier alpha value is -1.94. The molecule has 0 spiro atoms. The molecule has 1 amide bonds. The average Bonchev–Trinajstić information content (AvgIpc) is 3.24. The van der Waals surface area contributed by atoms with Gasteiger partial charge in [0.25, 0.3) is 5.91 Å². The predicted molar refractivity (Wildman–Crippen MR) is 114 cm³/mol. The number of nitrogens with zero attached hydrogens (tertiary/aromatic N) is 4. The molecule has 1 aromatic heterocycles. The van der Waals surface area contributed by atoms with Gasteiger partial charge in [-0.15, -0.1) is 0 Å². The second kappa shape index (κ2) is 7.96. The monoisotopic (exact) mass is 437 g/mol. The zero-order valence-corrected chi connectivity index (χ0v) is 18.7. The first kappa shape index (κ1) is 21.3. The molecule has 1 aliphatic carbocycles. The molecule has 0 unspecified atom stereocenters. The molecule has 0 aromatic carbocycles. The number of rotatable bonds is 5. The lowest BCUT2D eigenvalue weighted by molar-refractivity contribution is -0.133. The Morgan fingerprint density at radius 3 is 2.50 bits per heavy atom. The Kier molecular flexibility index (Phi) is 5.65. The molecular formula is C20H31N5O4S. The summed E-state index contributed by atoms with van der Waals surface area (Å²) in [5.74, 6) is 1.57. The van der Waals surface area contributed by atoms with Crippen molar-refractivity contribution in [1.82, 2.24) is 14.3 Å². The molecule has 166 valence electrons. The summed E-state index contributed by atoms with van der Waals surface area (Å²) in [5, 5.41) is 3.33. The van der Waals surface area contributed by atoms with Crippen molar-refractivity contribution in [1.29, 1.82) is 0 Å². The summed E-state index contributed by atoms with van der Waals surface area (Å²) < 4.78 is 31.6. The van der Waals surface area contributed by atoms with Crippen molar-refractivity contribution in [3.63, 3.8) is 0 Å². The first-order valence-electron chi connectivity index (χ1n) is 10.9. The normalized spacial score (nSPS) is 23.3. The van der Waals surface area contributed by atoms with E-state index in [9.17, 15) is 13.2 Å². The van der Waals surface area contributed by atoms with Crippen molar-refractivity contribution in [2.45, 2.75) is 77.0 Å². The largest absolute Gasteiger partial charge is 0.472 e. The van der Waals surface area contributed by atoms with Gasteiger partial charge in [0, 0.05) is 25.2 Å². The third-order valence-corrected chi connectivity index (χ3v) is 8.18. The number of ether oxygens (including phenoxy) is 1. The van der Waals surface area contributed by atoms with Crippen molar-refractivity contribution >= 4 is 27.7 Å². The van der Waals surface area contributed by atoms with Gasteiger partial charge in [0.05, 0.1) is 11.9 Å². The van der Waals surface area contributed by atoms with Crippen LogP contribution in [-0.4, -0.2) is 65.1 Å². The Morgan fingerprint density at radius 1 is 1.20 bits per heavy atom. The first-order valence-corrected chi connectivity index (χ1v) is 12.5. The summed E-state index contributed by atoms with van der Waals surface area (Å²) in [5.41, 5.74) is -0.939. The van der Waals surface area contributed by atoms with Crippen LogP contribution >= 0.6 is 0 Å². The molecule has 2 aliphatic heterocycles. The Labute approximate surface area is 178 Å². The number of carbonyl (C=O) groups is 1. The van der Waals surface area contributed by atoms with Crippen LogP contribution in [0.2, 0.25) is 0 Å². The lowest BCUT2D eigenvalue weighted by Gasteiger charge is -2.40. The van der Waals surface area contributed by atoms with Crippen molar-refractivity contribution in [2.75, 3.05) is 29.1 Å². The molecule has 30 heavy (non-hydrogen) atoms. The fourth-order valence-electron chi connectivity index (χ4n) is 4.53. The molecule has 0 atom stereocenters. The lowest BCUT2D eigenvalue weighted by Crippen LogP contribution is -2.56. The van der Waals surface area contributed by atoms with Gasteiger partial charge in [-0.25, -0.2) is 17.7 Å². The molecule has 1 saturated carbocycles. The highest BCUT2D eigenvalue weighted by atomic mass is 32.2. The topological polar surface area (TPSA) is 105 Å². The van der Waals surface area contributed by atoms with Crippen LogP contribution in [0.3, 0.4) is 0 Å². The van der Waals surface area contributed by atoms with E-state index in [0.717, 1.165) is 25.7 Å². The van der Waals surface area contributed by atoms with Crippen LogP contribution in [0.15, 0.2) is 6.20 Å². The van der Waals surface area contributed by atoms with E-state index in [2.05, 4.69) is 15.3 Å². The van der Waals surface area contributed by atoms with Crippen molar-refractivity contribution in [2.24, 2.45) is 0 Å². The number of hydrogen-bond acceptors (Lipinski definition) is 7. The third-order valence-electron chi connectivity index (χ3n) is 6.30. The molecule has 2 fully saturated rings. The molecule has 10 heteroatoms. The minimum atomic E-state index is -3.15. The standard InChI is InChI=1S/C20H31N5O4S/c1-4-30(27,28)24-11-9-14(10-12-24)22-19-21-13-16-17(23-19)25(15-7-5-6-8-15)18(26)20(2,3)29-16/h13-15H,4-12H2,1-3H3,(H,21,22,23). The number of anilines is 2. The number of sulfonamides is 1. The van der Waals surface area contributed by atoms with E-state index in [1.807, 2.05) is 4.90 Å². The van der Waals surface area contributed by atoms with Gasteiger partial charge in [-0.2, -0.15) is 4.98 Å². The van der Waals surface area contributed by atoms with Gasteiger partial charge in [-0.3, -0.25) is 9.69 Å². The molecule has 3 heterocycles. The Balaban J connectivity index is 1.52. The van der Waals surface area contributed by atoms with E-state index < -0.39 is 15.6 Å². The van der Waals surface area contributed by atoms with Crippen LogP contribution in [0.4, 0.5) is 11.8 Å². The third kappa shape index (κ3) is 3.99. The molecule has 1 saturated heterocycles. The van der Waals surface area contributed by atoms with Crippen LogP contribution in [0.5, 0.6) is 5.75 Å². The van der Waals surface area contributed by atoms with E-state index >= 15 is 0 Å².